The lowest BCUT2D eigenvalue weighted by molar-refractivity contribution is -0.134. The first-order valence-corrected chi connectivity index (χ1v) is 4.71. The number of methoxy groups -OCH3 is 1. The number of hydrogen-bond acceptors (Lipinski definition) is 3. The van der Waals surface area contributed by atoms with E-state index in [-0.39, 0.29) is 10.6 Å². The van der Waals surface area contributed by atoms with E-state index in [2.05, 4.69) is 4.74 Å². The number of carbonyl (C=O) groups is 2. The monoisotopic (exact) mass is 240 g/mol. The molecule has 5 heteroatoms. The number of ether oxygens (including phenoxy) is 1. The number of carbonyl (C=O) groups excluding carboxylic acids is 1. The summed E-state index contributed by atoms with van der Waals surface area (Å²) in [4.78, 5) is 21.6. The number of halogens is 1. The van der Waals surface area contributed by atoms with Gasteiger partial charge in [-0.05, 0) is 23.8 Å². The summed E-state index contributed by atoms with van der Waals surface area (Å²) in [5, 5.41) is 8.97. The molecule has 0 fully saturated rings. The number of carboxylic acids is 1. The first-order valence-electron chi connectivity index (χ1n) is 4.33. The van der Waals surface area contributed by atoms with Gasteiger partial charge in [-0.3, -0.25) is 0 Å². The van der Waals surface area contributed by atoms with Gasteiger partial charge in [0.1, 0.15) is 0 Å². The van der Waals surface area contributed by atoms with Crippen LogP contribution in [0.3, 0.4) is 0 Å². The zero-order valence-corrected chi connectivity index (χ0v) is 9.19. The van der Waals surface area contributed by atoms with Crippen LogP contribution in [-0.2, 0) is 9.53 Å². The highest BCUT2D eigenvalue weighted by Gasteiger charge is 2.08. The molecule has 4 nitrogen and oxygen atoms in total. The molecule has 0 aliphatic heterocycles. The molecule has 0 aromatic heterocycles. The summed E-state index contributed by atoms with van der Waals surface area (Å²) in [7, 11) is 1.26. The van der Waals surface area contributed by atoms with E-state index < -0.39 is 11.9 Å². The number of hydrogen-bond donors (Lipinski definition) is 1. The lowest BCUT2D eigenvalue weighted by Gasteiger charge is -2.00. The van der Waals surface area contributed by atoms with Crippen LogP contribution in [0.4, 0.5) is 0 Å². The van der Waals surface area contributed by atoms with Gasteiger partial charge in [-0.25, -0.2) is 9.59 Å². The summed E-state index contributed by atoms with van der Waals surface area (Å²) in [5.74, 6) is -1.62. The van der Waals surface area contributed by atoms with E-state index in [9.17, 15) is 9.59 Å². The molecular weight excluding hydrogens is 232 g/mol. The minimum Gasteiger partial charge on any atom is -0.478 e. The number of rotatable bonds is 3. The fourth-order valence-corrected chi connectivity index (χ4v) is 1.24. The van der Waals surface area contributed by atoms with Crippen molar-refractivity contribution in [2.45, 2.75) is 0 Å². The lowest BCUT2D eigenvalue weighted by atomic mass is 10.1. The molecule has 1 aromatic rings. The minimum absolute atomic E-state index is 0.00585. The molecule has 0 heterocycles. The van der Waals surface area contributed by atoms with Crippen molar-refractivity contribution in [1.82, 2.24) is 0 Å². The molecule has 0 aliphatic rings. The van der Waals surface area contributed by atoms with Crippen molar-refractivity contribution < 1.29 is 19.4 Å². The minimum atomic E-state index is -1.11. The maximum atomic E-state index is 10.8. The second-order valence-corrected chi connectivity index (χ2v) is 3.31. The van der Waals surface area contributed by atoms with Crippen LogP contribution in [0.25, 0.3) is 6.08 Å². The van der Waals surface area contributed by atoms with E-state index in [1.165, 1.54) is 31.4 Å². The zero-order chi connectivity index (χ0) is 12.1. The average molecular weight is 241 g/mol. The Morgan fingerprint density at radius 2 is 2.12 bits per heavy atom. The summed E-state index contributed by atoms with van der Waals surface area (Å²) in [6, 6.07) is 4.44. The predicted molar refractivity (Wildman–Crippen MR) is 59.5 cm³/mol. The molecule has 1 aromatic carbocycles. The molecule has 1 rings (SSSR count). The lowest BCUT2D eigenvalue weighted by Crippen LogP contribution is -1.98. The summed E-state index contributed by atoms with van der Waals surface area (Å²) < 4.78 is 4.41. The Kier molecular flexibility index (Phi) is 4.08. The molecule has 0 unspecified atom stereocenters. The van der Waals surface area contributed by atoms with Gasteiger partial charge in [0, 0.05) is 6.08 Å². The molecule has 16 heavy (non-hydrogen) atoms. The van der Waals surface area contributed by atoms with Crippen LogP contribution < -0.4 is 0 Å². The van der Waals surface area contributed by atoms with Crippen molar-refractivity contribution in [2.24, 2.45) is 0 Å². The van der Waals surface area contributed by atoms with E-state index in [1.54, 1.807) is 6.07 Å². The Bertz CT molecular complexity index is 451. The van der Waals surface area contributed by atoms with Crippen molar-refractivity contribution in [3.8, 4) is 0 Å². The Morgan fingerprint density at radius 3 is 2.69 bits per heavy atom. The van der Waals surface area contributed by atoms with Gasteiger partial charge in [0.2, 0.25) is 0 Å². The average Bonchev–Trinajstić information content (AvgIpc) is 2.27. The first kappa shape index (κ1) is 12.3. The zero-order valence-electron chi connectivity index (χ0n) is 8.44. The van der Waals surface area contributed by atoms with Crippen LogP contribution in [0.15, 0.2) is 24.3 Å². The van der Waals surface area contributed by atoms with E-state index in [4.69, 9.17) is 16.7 Å². The summed E-state index contributed by atoms with van der Waals surface area (Å²) in [6.07, 6.45) is 2.66. The largest absolute Gasteiger partial charge is 0.478 e. The number of esters is 1. The van der Waals surface area contributed by atoms with Gasteiger partial charge in [-0.15, -0.1) is 0 Å². The molecule has 0 saturated carbocycles. The SMILES string of the molecule is COC(=O)C=Cc1ccc(Cl)c(C(=O)O)c1. The Hall–Kier alpha value is -1.81. The molecule has 0 atom stereocenters. The van der Waals surface area contributed by atoms with Crippen molar-refractivity contribution in [3.63, 3.8) is 0 Å². The van der Waals surface area contributed by atoms with Crippen LogP contribution in [0.1, 0.15) is 15.9 Å². The molecule has 0 amide bonds. The number of benzene rings is 1. The summed E-state index contributed by atoms with van der Waals surface area (Å²) in [6.45, 7) is 0. The van der Waals surface area contributed by atoms with Gasteiger partial charge in [-0.2, -0.15) is 0 Å². The molecule has 1 N–H and O–H groups in total. The van der Waals surface area contributed by atoms with Gasteiger partial charge in [0.15, 0.2) is 0 Å². The molecular formula is C11H9ClO4. The second kappa shape index (κ2) is 5.32. The van der Waals surface area contributed by atoms with Crippen molar-refractivity contribution in [2.75, 3.05) is 7.11 Å². The Morgan fingerprint density at radius 1 is 1.44 bits per heavy atom. The van der Waals surface area contributed by atoms with Gasteiger partial charge in [0.05, 0.1) is 17.7 Å². The topological polar surface area (TPSA) is 63.6 Å². The van der Waals surface area contributed by atoms with Gasteiger partial charge in [-0.1, -0.05) is 17.7 Å². The number of aromatic carboxylic acids is 1. The molecule has 0 bridgehead atoms. The van der Waals surface area contributed by atoms with E-state index in [0.29, 0.717) is 5.56 Å². The first-order chi connectivity index (χ1) is 7.54. The fourth-order valence-electron chi connectivity index (χ4n) is 1.04. The second-order valence-electron chi connectivity index (χ2n) is 2.90. The number of carboxylic acid groups (broad SMARTS) is 1. The smallest absolute Gasteiger partial charge is 0.337 e. The predicted octanol–water partition coefficient (Wildman–Crippen LogP) is 2.22. The molecule has 84 valence electrons. The third-order valence-electron chi connectivity index (χ3n) is 1.83. The third kappa shape index (κ3) is 3.10. The van der Waals surface area contributed by atoms with E-state index in [0.717, 1.165) is 0 Å². The summed E-state index contributed by atoms with van der Waals surface area (Å²) >= 11 is 5.68. The Labute approximate surface area is 97.1 Å². The summed E-state index contributed by atoms with van der Waals surface area (Å²) in [5.41, 5.74) is 0.556. The van der Waals surface area contributed by atoms with Crippen LogP contribution in [0.5, 0.6) is 0 Å². The maximum Gasteiger partial charge on any atom is 0.337 e. The van der Waals surface area contributed by atoms with Gasteiger partial charge in [0.25, 0.3) is 0 Å². The normalized spacial score (nSPS) is 10.4. The molecule has 0 saturated heterocycles. The highest BCUT2D eigenvalue weighted by atomic mass is 35.5. The maximum absolute atomic E-state index is 10.8. The standard InChI is InChI=1S/C11H9ClO4/c1-16-10(13)5-3-7-2-4-9(12)8(6-7)11(14)15/h2-6H,1H3,(H,14,15). The Balaban J connectivity index is 2.99. The van der Waals surface area contributed by atoms with Gasteiger partial charge < -0.3 is 9.84 Å². The van der Waals surface area contributed by atoms with Crippen LogP contribution in [-0.4, -0.2) is 24.2 Å². The van der Waals surface area contributed by atoms with Crippen molar-refractivity contribution >= 4 is 29.6 Å². The van der Waals surface area contributed by atoms with Crippen molar-refractivity contribution in [1.29, 1.82) is 0 Å². The molecule has 0 radical (unpaired) electrons. The molecule has 0 aliphatic carbocycles. The van der Waals surface area contributed by atoms with Crippen LogP contribution >= 0.6 is 11.6 Å². The third-order valence-corrected chi connectivity index (χ3v) is 2.16. The van der Waals surface area contributed by atoms with Crippen LogP contribution in [0.2, 0.25) is 5.02 Å². The van der Waals surface area contributed by atoms with E-state index in [1.807, 2.05) is 0 Å². The molecule has 0 spiro atoms. The highest BCUT2D eigenvalue weighted by molar-refractivity contribution is 6.33. The van der Waals surface area contributed by atoms with Crippen LogP contribution in [0, 0.1) is 0 Å². The van der Waals surface area contributed by atoms with Crippen molar-refractivity contribution in [3.05, 3.63) is 40.4 Å². The van der Waals surface area contributed by atoms with Gasteiger partial charge >= 0.3 is 11.9 Å². The fraction of sp³-hybridized carbons (Fsp3) is 0.0909. The van der Waals surface area contributed by atoms with E-state index >= 15 is 0 Å². The quantitative estimate of drug-likeness (QED) is 0.650. The highest BCUT2D eigenvalue weighted by Crippen LogP contribution is 2.18.